The summed E-state index contributed by atoms with van der Waals surface area (Å²) in [7, 11) is 0. The number of fused-ring (bicyclic) bond motifs is 2. The molecule has 2 N–H and O–H groups in total. The Kier molecular flexibility index (Phi) is 3.89. The molecular formula is C16H15N3O4S. The Morgan fingerprint density at radius 1 is 1.29 bits per heavy atom. The summed E-state index contributed by atoms with van der Waals surface area (Å²) in [4.78, 5) is 30.5. The molecule has 1 amide bonds. The number of hydrogen-bond donors (Lipinski definition) is 2. The Bertz CT molecular complexity index is 865. The molecule has 1 aliphatic carbocycles. The molecule has 2 heterocycles. The number of thioether (sulfide) groups is 1. The van der Waals surface area contributed by atoms with Crippen molar-refractivity contribution in [1.82, 2.24) is 9.97 Å². The fourth-order valence-corrected chi connectivity index (χ4v) is 3.75. The SMILES string of the molecule is O=C(CSc1nc(=O)[nH]c2c1CCC2)Nc1ccc2c(c1)OCO2. The first-order chi connectivity index (χ1) is 11.7. The molecule has 4 rings (SSSR count). The lowest BCUT2D eigenvalue weighted by atomic mass is 10.3. The minimum absolute atomic E-state index is 0.160. The molecule has 0 saturated carbocycles. The number of aromatic nitrogens is 2. The number of nitrogens with one attached hydrogen (secondary N) is 2. The standard InChI is InChI=1S/C16H15N3O4S/c20-14(17-9-4-5-12-13(6-9)23-8-22-12)7-24-15-10-2-1-3-11(10)18-16(21)19-15/h4-6H,1-3,7-8H2,(H,17,20)(H,18,19,21). The number of aryl methyl sites for hydroxylation is 1. The van der Waals surface area contributed by atoms with E-state index in [1.54, 1.807) is 18.2 Å². The average molecular weight is 345 g/mol. The Balaban J connectivity index is 1.41. The Morgan fingerprint density at radius 2 is 2.17 bits per heavy atom. The number of nitrogens with zero attached hydrogens (tertiary/aromatic N) is 1. The van der Waals surface area contributed by atoms with Gasteiger partial charge in [-0.25, -0.2) is 4.79 Å². The molecule has 0 bridgehead atoms. The first-order valence-electron chi connectivity index (χ1n) is 7.63. The summed E-state index contributed by atoms with van der Waals surface area (Å²) in [5.74, 6) is 1.32. The van der Waals surface area contributed by atoms with Crippen LogP contribution >= 0.6 is 11.8 Å². The summed E-state index contributed by atoms with van der Waals surface area (Å²) in [5.41, 5.74) is 2.31. The van der Waals surface area contributed by atoms with Crippen molar-refractivity contribution in [2.24, 2.45) is 0 Å². The van der Waals surface area contributed by atoms with Crippen LogP contribution in [0.25, 0.3) is 0 Å². The Morgan fingerprint density at radius 3 is 3.08 bits per heavy atom. The van der Waals surface area contributed by atoms with Crippen molar-refractivity contribution in [3.05, 3.63) is 39.9 Å². The van der Waals surface area contributed by atoms with E-state index in [4.69, 9.17) is 9.47 Å². The van der Waals surface area contributed by atoms with E-state index in [1.807, 2.05) is 0 Å². The number of H-pyrrole nitrogens is 1. The number of benzene rings is 1. The highest BCUT2D eigenvalue weighted by Gasteiger charge is 2.19. The maximum absolute atomic E-state index is 12.2. The van der Waals surface area contributed by atoms with Crippen molar-refractivity contribution in [3.63, 3.8) is 0 Å². The number of amides is 1. The van der Waals surface area contributed by atoms with Crippen LogP contribution in [0, 0.1) is 0 Å². The van der Waals surface area contributed by atoms with Crippen molar-refractivity contribution in [1.29, 1.82) is 0 Å². The van der Waals surface area contributed by atoms with Crippen molar-refractivity contribution in [2.75, 3.05) is 17.9 Å². The minimum Gasteiger partial charge on any atom is -0.454 e. The zero-order valence-corrected chi connectivity index (χ0v) is 13.6. The molecule has 0 atom stereocenters. The highest BCUT2D eigenvalue weighted by Crippen LogP contribution is 2.34. The number of aromatic amines is 1. The molecule has 24 heavy (non-hydrogen) atoms. The van der Waals surface area contributed by atoms with Crippen molar-refractivity contribution in [3.8, 4) is 11.5 Å². The third-order valence-corrected chi connectivity index (χ3v) is 4.95. The van der Waals surface area contributed by atoms with Gasteiger partial charge in [0.2, 0.25) is 12.7 Å². The second kappa shape index (κ2) is 6.20. The van der Waals surface area contributed by atoms with Crippen LogP contribution in [0.5, 0.6) is 11.5 Å². The van der Waals surface area contributed by atoms with Crippen LogP contribution in [-0.4, -0.2) is 28.4 Å². The molecular weight excluding hydrogens is 330 g/mol. The van der Waals surface area contributed by atoms with Crippen LogP contribution in [0.3, 0.4) is 0 Å². The number of carbonyl (C=O) groups excluding carboxylic acids is 1. The Labute approximate surface area is 141 Å². The van der Waals surface area contributed by atoms with Crippen LogP contribution in [0.2, 0.25) is 0 Å². The third-order valence-electron chi connectivity index (χ3n) is 3.93. The summed E-state index contributed by atoms with van der Waals surface area (Å²) in [6.45, 7) is 0.196. The fraction of sp³-hybridized carbons (Fsp3) is 0.312. The molecule has 0 fully saturated rings. The molecule has 7 nitrogen and oxygen atoms in total. The van der Waals surface area contributed by atoms with Gasteiger partial charge in [-0.2, -0.15) is 4.98 Å². The number of hydrogen-bond acceptors (Lipinski definition) is 6. The maximum Gasteiger partial charge on any atom is 0.346 e. The maximum atomic E-state index is 12.2. The molecule has 2 aliphatic rings. The van der Waals surface area contributed by atoms with E-state index < -0.39 is 0 Å². The quantitative estimate of drug-likeness (QED) is 0.647. The lowest BCUT2D eigenvalue weighted by Gasteiger charge is -2.08. The van der Waals surface area contributed by atoms with Gasteiger partial charge >= 0.3 is 5.69 Å². The van der Waals surface area contributed by atoms with Gasteiger partial charge in [-0.15, -0.1) is 0 Å². The van der Waals surface area contributed by atoms with Crippen molar-refractivity contribution in [2.45, 2.75) is 24.3 Å². The van der Waals surface area contributed by atoms with E-state index in [0.29, 0.717) is 22.2 Å². The van der Waals surface area contributed by atoms with E-state index in [9.17, 15) is 9.59 Å². The molecule has 0 spiro atoms. The summed E-state index contributed by atoms with van der Waals surface area (Å²) >= 11 is 1.29. The number of ether oxygens (including phenoxy) is 2. The molecule has 0 unspecified atom stereocenters. The molecule has 124 valence electrons. The van der Waals surface area contributed by atoms with E-state index in [0.717, 1.165) is 30.5 Å². The van der Waals surface area contributed by atoms with Crippen LogP contribution in [0.15, 0.2) is 28.0 Å². The number of carbonyl (C=O) groups is 1. The van der Waals surface area contributed by atoms with Crippen LogP contribution in [0.4, 0.5) is 5.69 Å². The van der Waals surface area contributed by atoms with E-state index >= 15 is 0 Å². The average Bonchev–Trinajstić information content (AvgIpc) is 3.20. The summed E-state index contributed by atoms with van der Waals surface area (Å²) < 4.78 is 10.5. The molecule has 0 saturated heterocycles. The second-order valence-electron chi connectivity index (χ2n) is 5.56. The van der Waals surface area contributed by atoms with Gasteiger partial charge < -0.3 is 19.8 Å². The van der Waals surface area contributed by atoms with E-state index in [1.165, 1.54) is 11.8 Å². The van der Waals surface area contributed by atoms with Crippen LogP contribution in [-0.2, 0) is 17.6 Å². The first-order valence-corrected chi connectivity index (χ1v) is 8.62. The van der Waals surface area contributed by atoms with Crippen LogP contribution < -0.4 is 20.5 Å². The van der Waals surface area contributed by atoms with Gasteiger partial charge in [0, 0.05) is 23.0 Å². The topological polar surface area (TPSA) is 93.3 Å². The first kappa shape index (κ1) is 15.1. The van der Waals surface area contributed by atoms with Gasteiger partial charge in [-0.3, -0.25) is 4.79 Å². The van der Waals surface area contributed by atoms with Gasteiger partial charge in [0.1, 0.15) is 5.03 Å². The molecule has 0 radical (unpaired) electrons. The van der Waals surface area contributed by atoms with Gasteiger partial charge in [-0.05, 0) is 31.4 Å². The van der Waals surface area contributed by atoms with Crippen LogP contribution in [0.1, 0.15) is 17.7 Å². The van der Waals surface area contributed by atoms with Gasteiger partial charge in [0.25, 0.3) is 0 Å². The van der Waals surface area contributed by atoms with E-state index in [-0.39, 0.29) is 24.1 Å². The summed E-state index contributed by atoms with van der Waals surface area (Å²) in [6.07, 6.45) is 2.77. The molecule has 1 aromatic heterocycles. The summed E-state index contributed by atoms with van der Waals surface area (Å²) in [6, 6.07) is 5.25. The van der Waals surface area contributed by atoms with Crippen molar-refractivity contribution < 1.29 is 14.3 Å². The molecule has 2 aromatic rings. The van der Waals surface area contributed by atoms with Gasteiger partial charge in [0.05, 0.1) is 5.75 Å². The smallest absolute Gasteiger partial charge is 0.346 e. The van der Waals surface area contributed by atoms with E-state index in [2.05, 4.69) is 15.3 Å². The molecule has 1 aromatic carbocycles. The summed E-state index contributed by atoms with van der Waals surface area (Å²) in [5, 5.41) is 3.47. The highest BCUT2D eigenvalue weighted by atomic mass is 32.2. The van der Waals surface area contributed by atoms with Crippen molar-refractivity contribution >= 4 is 23.4 Å². The second-order valence-corrected chi connectivity index (χ2v) is 6.53. The van der Waals surface area contributed by atoms with Gasteiger partial charge in [-0.1, -0.05) is 11.8 Å². The Hall–Kier alpha value is -2.48. The monoisotopic (exact) mass is 345 g/mol. The normalized spacial score (nSPS) is 14.5. The lowest BCUT2D eigenvalue weighted by molar-refractivity contribution is -0.113. The molecule has 8 heteroatoms. The zero-order chi connectivity index (χ0) is 16.5. The molecule has 1 aliphatic heterocycles. The predicted molar refractivity (Wildman–Crippen MR) is 88.8 cm³/mol. The zero-order valence-electron chi connectivity index (χ0n) is 12.8. The fourth-order valence-electron chi connectivity index (χ4n) is 2.86. The predicted octanol–water partition coefficient (Wildman–Crippen LogP) is 1.72. The lowest BCUT2D eigenvalue weighted by Crippen LogP contribution is -2.17. The van der Waals surface area contributed by atoms with Gasteiger partial charge in [0.15, 0.2) is 11.5 Å². The largest absolute Gasteiger partial charge is 0.454 e. The highest BCUT2D eigenvalue weighted by molar-refractivity contribution is 8.00. The third kappa shape index (κ3) is 2.96. The number of anilines is 1. The number of rotatable bonds is 4. The minimum atomic E-state index is -0.352.